The van der Waals surface area contributed by atoms with Gasteiger partial charge in [0.15, 0.2) is 0 Å². The summed E-state index contributed by atoms with van der Waals surface area (Å²) in [6.07, 6.45) is 17.6. The van der Waals surface area contributed by atoms with Crippen LogP contribution in [0.4, 0.5) is 0 Å². The molecule has 2 aliphatic rings. The molecule has 2 nitrogen and oxygen atoms in total. The molecule has 1 aliphatic carbocycles. The van der Waals surface area contributed by atoms with E-state index < -0.39 is 0 Å². The van der Waals surface area contributed by atoms with Crippen LogP contribution in [0.3, 0.4) is 0 Å². The first-order valence-electron chi connectivity index (χ1n) is 8.56. The fraction of sp³-hybridized carbons (Fsp3) is 0.941. The molecule has 1 saturated carbocycles. The van der Waals surface area contributed by atoms with Crippen molar-refractivity contribution in [2.75, 3.05) is 0 Å². The highest BCUT2D eigenvalue weighted by molar-refractivity contribution is 5.69. The Labute approximate surface area is 118 Å². The Morgan fingerprint density at radius 3 is 2.00 bits per heavy atom. The van der Waals surface area contributed by atoms with Crippen LogP contribution in [-0.4, -0.2) is 12.1 Å². The fourth-order valence-electron chi connectivity index (χ4n) is 3.63. The van der Waals surface area contributed by atoms with Gasteiger partial charge >= 0.3 is 5.97 Å². The molecule has 0 unspecified atom stereocenters. The summed E-state index contributed by atoms with van der Waals surface area (Å²) in [6, 6.07) is 0. The van der Waals surface area contributed by atoms with Gasteiger partial charge in [0.1, 0.15) is 6.10 Å². The van der Waals surface area contributed by atoms with Gasteiger partial charge in [0, 0.05) is 6.42 Å². The van der Waals surface area contributed by atoms with Crippen molar-refractivity contribution in [3.05, 3.63) is 0 Å². The van der Waals surface area contributed by atoms with Crippen molar-refractivity contribution >= 4 is 5.97 Å². The Balaban J connectivity index is 1.79. The summed E-state index contributed by atoms with van der Waals surface area (Å²) < 4.78 is 5.71. The van der Waals surface area contributed by atoms with Crippen LogP contribution in [0, 0.1) is 5.92 Å². The maximum Gasteiger partial charge on any atom is 0.306 e. The smallest absolute Gasteiger partial charge is 0.306 e. The predicted molar refractivity (Wildman–Crippen MR) is 78.0 cm³/mol. The third-order valence-electron chi connectivity index (χ3n) is 4.83. The van der Waals surface area contributed by atoms with Gasteiger partial charge in [-0.15, -0.1) is 0 Å². The maximum absolute atomic E-state index is 11.8. The van der Waals surface area contributed by atoms with Crippen LogP contribution in [0.1, 0.15) is 89.9 Å². The molecule has 0 N–H and O–H groups in total. The van der Waals surface area contributed by atoms with E-state index in [-0.39, 0.29) is 12.1 Å². The van der Waals surface area contributed by atoms with Gasteiger partial charge in [0.2, 0.25) is 0 Å². The quantitative estimate of drug-likeness (QED) is 0.576. The summed E-state index contributed by atoms with van der Waals surface area (Å²) >= 11 is 0. The Bertz CT molecular complexity index is 262. The number of rotatable bonds is 0. The standard InChI is InChI=1S/C17H30O2/c18-17-14-9-7-5-3-1-2-4-6-8-11-15-12-10-13-16(15)19-17/h15-16H,1-14H2/t15-,16+/m1/s1. The molecule has 1 aliphatic heterocycles. The molecule has 0 amide bonds. The van der Waals surface area contributed by atoms with Gasteiger partial charge in [0.05, 0.1) is 0 Å². The molecule has 2 rings (SSSR count). The summed E-state index contributed by atoms with van der Waals surface area (Å²) in [5.74, 6) is 0.723. The Kier molecular flexibility index (Phi) is 6.73. The minimum Gasteiger partial charge on any atom is -0.462 e. The zero-order valence-electron chi connectivity index (χ0n) is 12.4. The molecule has 2 atom stereocenters. The van der Waals surface area contributed by atoms with Crippen molar-refractivity contribution in [3.8, 4) is 0 Å². The zero-order valence-corrected chi connectivity index (χ0v) is 12.4. The van der Waals surface area contributed by atoms with E-state index in [0.29, 0.717) is 12.3 Å². The number of ether oxygens (including phenoxy) is 1. The van der Waals surface area contributed by atoms with Crippen LogP contribution >= 0.6 is 0 Å². The molecule has 0 aromatic heterocycles. The molecule has 0 spiro atoms. The normalized spacial score (nSPS) is 31.9. The SMILES string of the molecule is O=C1CCCCCCCCCCC[C@@H]2CCC[C@@H]2O1. The van der Waals surface area contributed by atoms with Gasteiger partial charge in [-0.3, -0.25) is 4.79 Å². The van der Waals surface area contributed by atoms with Crippen LogP contribution in [0.15, 0.2) is 0 Å². The Morgan fingerprint density at radius 1 is 0.684 bits per heavy atom. The molecule has 2 heteroatoms. The Morgan fingerprint density at radius 2 is 1.26 bits per heavy atom. The van der Waals surface area contributed by atoms with Crippen molar-refractivity contribution in [3.63, 3.8) is 0 Å². The zero-order chi connectivity index (χ0) is 13.3. The molecule has 0 aromatic rings. The van der Waals surface area contributed by atoms with Gasteiger partial charge in [-0.05, 0) is 38.0 Å². The van der Waals surface area contributed by atoms with E-state index in [2.05, 4.69) is 0 Å². The number of hydrogen-bond acceptors (Lipinski definition) is 2. The molecule has 0 bridgehead atoms. The summed E-state index contributed by atoms with van der Waals surface area (Å²) in [6.45, 7) is 0. The molecular formula is C17H30O2. The summed E-state index contributed by atoms with van der Waals surface area (Å²) in [4.78, 5) is 11.8. The predicted octanol–water partition coefficient (Wildman–Crippen LogP) is 5.00. The summed E-state index contributed by atoms with van der Waals surface area (Å²) in [5.41, 5.74) is 0. The molecule has 0 aromatic carbocycles. The van der Waals surface area contributed by atoms with Crippen LogP contribution in [0.5, 0.6) is 0 Å². The second kappa shape index (κ2) is 8.60. The van der Waals surface area contributed by atoms with Gasteiger partial charge in [-0.2, -0.15) is 0 Å². The third kappa shape index (κ3) is 5.54. The fourth-order valence-corrected chi connectivity index (χ4v) is 3.63. The maximum atomic E-state index is 11.8. The van der Waals surface area contributed by atoms with E-state index >= 15 is 0 Å². The van der Waals surface area contributed by atoms with Gasteiger partial charge in [-0.1, -0.05) is 51.4 Å². The number of hydrogen-bond donors (Lipinski definition) is 0. The molecule has 0 radical (unpaired) electrons. The molecule has 110 valence electrons. The highest BCUT2D eigenvalue weighted by atomic mass is 16.5. The van der Waals surface area contributed by atoms with Crippen LogP contribution in [0.2, 0.25) is 0 Å². The van der Waals surface area contributed by atoms with E-state index in [1.165, 1.54) is 70.6 Å². The summed E-state index contributed by atoms with van der Waals surface area (Å²) in [5, 5.41) is 0. The lowest BCUT2D eigenvalue weighted by molar-refractivity contribution is -0.151. The first kappa shape index (κ1) is 14.9. The number of fused-ring (bicyclic) bond motifs is 1. The lowest BCUT2D eigenvalue weighted by Gasteiger charge is -2.20. The van der Waals surface area contributed by atoms with E-state index in [0.717, 1.165) is 12.8 Å². The lowest BCUT2D eigenvalue weighted by atomic mass is 9.97. The monoisotopic (exact) mass is 266 g/mol. The van der Waals surface area contributed by atoms with E-state index in [1.54, 1.807) is 0 Å². The van der Waals surface area contributed by atoms with Crippen molar-refractivity contribution < 1.29 is 9.53 Å². The second-order valence-corrected chi connectivity index (χ2v) is 6.44. The Hall–Kier alpha value is -0.530. The van der Waals surface area contributed by atoms with Gasteiger partial charge < -0.3 is 4.74 Å². The molecule has 1 saturated heterocycles. The van der Waals surface area contributed by atoms with Crippen molar-refractivity contribution in [2.24, 2.45) is 5.92 Å². The first-order valence-corrected chi connectivity index (χ1v) is 8.56. The largest absolute Gasteiger partial charge is 0.462 e. The minimum atomic E-state index is 0.0618. The summed E-state index contributed by atoms with van der Waals surface area (Å²) in [7, 11) is 0. The van der Waals surface area contributed by atoms with Crippen molar-refractivity contribution in [1.29, 1.82) is 0 Å². The average molecular weight is 266 g/mol. The topological polar surface area (TPSA) is 26.3 Å². The average Bonchev–Trinajstić information content (AvgIpc) is 2.82. The third-order valence-corrected chi connectivity index (χ3v) is 4.83. The first-order chi connectivity index (χ1) is 9.36. The van der Waals surface area contributed by atoms with E-state index in [1.807, 2.05) is 0 Å². The number of carbonyl (C=O) groups is 1. The molecule has 2 fully saturated rings. The van der Waals surface area contributed by atoms with Crippen molar-refractivity contribution in [2.45, 2.75) is 96.0 Å². The molecular weight excluding hydrogens is 236 g/mol. The van der Waals surface area contributed by atoms with Crippen molar-refractivity contribution in [1.82, 2.24) is 0 Å². The minimum absolute atomic E-state index is 0.0618. The lowest BCUT2D eigenvalue weighted by Crippen LogP contribution is -2.22. The van der Waals surface area contributed by atoms with Crippen LogP contribution < -0.4 is 0 Å². The number of carbonyl (C=O) groups excluding carboxylic acids is 1. The highest BCUT2D eigenvalue weighted by Crippen LogP contribution is 2.33. The second-order valence-electron chi connectivity index (χ2n) is 6.44. The molecule has 19 heavy (non-hydrogen) atoms. The van der Waals surface area contributed by atoms with E-state index in [9.17, 15) is 4.79 Å². The van der Waals surface area contributed by atoms with Crippen LogP contribution in [-0.2, 0) is 9.53 Å². The number of esters is 1. The highest BCUT2D eigenvalue weighted by Gasteiger charge is 2.29. The van der Waals surface area contributed by atoms with E-state index in [4.69, 9.17) is 4.74 Å². The molecule has 1 heterocycles. The van der Waals surface area contributed by atoms with Gasteiger partial charge in [-0.25, -0.2) is 0 Å². The van der Waals surface area contributed by atoms with Crippen LogP contribution in [0.25, 0.3) is 0 Å². The van der Waals surface area contributed by atoms with Gasteiger partial charge in [0.25, 0.3) is 0 Å².